The fourth-order valence-electron chi connectivity index (χ4n) is 3.86. The Morgan fingerprint density at radius 2 is 1.48 bits per heavy atom. The van der Waals surface area contributed by atoms with Crippen molar-refractivity contribution in [2.24, 2.45) is 5.92 Å². The molecule has 0 radical (unpaired) electrons. The maximum absolute atomic E-state index is 13.1. The predicted molar refractivity (Wildman–Crippen MR) is 146 cm³/mol. The zero-order valence-corrected chi connectivity index (χ0v) is 23.6. The molecule has 44 heavy (non-hydrogen) atoms. The fraction of sp³-hybridized carbons (Fsp3) is 0.259. The number of halogens is 6. The van der Waals surface area contributed by atoms with Crippen molar-refractivity contribution in [3.05, 3.63) is 76.6 Å². The number of ketones is 1. The summed E-state index contributed by atoms with van der Waals surface area (Å²) in [4.78, 5) is 50.8. The highest BCUT2D eigenvalue weighted by atomic mass is 32.2. The summed E-state index contributed by atoms with van der Waals surface area (Å²) in [5.74, 6) is -6.60. The van der Waals surface area contributed by atoms with E-state index in [2.05, 4.69) is 4.98 Å². The maximum atomic E-state index is 13.1. The van der Waals surface area contributed by atoms with E-state index >= 15 is 0 Å². The molecule has 1 heterocycles. The van der Waals surface area contributed by atoms with Crippen LogP contribution in [0.5, 0.6) is 0 Å². The molecule has 236 valence electrons. The van der Waals surface area contributed by atoms with E-state index in [9.17, 15) is 53.9 Å². The molecule has 0 fully saturated rings. The van der Waals surface area contributed by atoms with E-state index < -0.39 is 74.5 Å². The monoisotopic (exact) mass is 646 g/mol. The number of anilines is 2. The number of rotatable bonds is 10. The van der Waals surface area contributed by atoms with Crippen LogP contribution in [0, 0.1) is 5.92 Å². The Balaban J connectivity index is 1.98. The van der Waals surface area contributed by atoms with Crippen LogP contribution in [0.2, 0.25) is 0 Å². The molecule has 0 bridgehead atoms. The number of aromatic amines is 1. The SMILES string of the molecule is CC(C)C(NC(=O)Cc1cc(-c2ccccc2)[nH]c(=O)c1NS(=O)(=O)c1ccc(NC(=O)C(F)(F)F)cc1)C(=O)C(F)(F)F. The van der Waals surface area contributed by atoms with Gasteiger partial charge in [-0.15, -0.1) is 0 Å². The molecule has 3 aromatic rings. The molecule has 0 saturated carbocycles. The van der Waals surface area contributed by atoms with Gasteiger partial charge in [0, 0.05) is 11.4 Å². The lowest BCUT2D eigenvalue weighted by molar-refractivity contribution is -0.174. The van der Waals surface area contributed by atoms with Crippen molar-refractivity contribution in [1.29, 1.82) is 0 Å². The van der Waals surface area contributed by atoms with Crippen LogP contribution in [-0.2, 0) is 30.8 Å². The quantitative estimate of drug-likeness (QED) is 0.243. The third kappa shape index (κ3) is 8.46. The second-order valence-corrected chi connectivity index (χ2v) is 11.4. The lowest BCUT2D eigenvalue weighted by atomic mass is 9.98. The number of nitrogens with one attached hydrogen (secondary N) is 4. The zero-order valence-electron chi connectivity index (χ0n) is 22.8. The van der Waals surface area contributed by atoms with Gasteiger partial charge in [-0.3, -0.25) is 23.9 Å². The Labute approximate surface area is 245 Å². The van der Waals surface area contributed by atoms with Gasteiger partial charge >= 0.3 is 18.3 Å². The smallest absolute Gasteiger partial charge is 0.345 e. The summed E-state index contributed by atoms with van der Waals surface area (Å²) in [5, 5.41) is 3.53. The van der Waals surface area contributed by atoms with Crippen LogP contribution in [0.3, 0.4) is 0 Å². The molecule has 0 aliphatic rings. The molecule has 17 heteroatoms. The van der Waals surface area contributed by atoms with E-state index in [0.717, 1.165) is 24.3 Å². The molecular weight excluding hydrogens is 622 g/mol. The molecule has 0 saturated heterocycles. The first kappa shape index (κ1) is 33.8. The van der Waals surface area contributed by atoms with Gasteiger partial charge in [-0.1, -0.05) is 44.2 Å². The van der Waals surface area contributed by atoms with Crippen molar-refractivity contribution in [3.63, 3.8) is 0 Å². The fourth-order valence-corrected chi connectivity index (χ4v) is 4.96. The number of carbonyl (C=O) groups is 3. The van der Waals surface area contributed by atoms with E-state index in [-0.39, 0.29) is 16.9 Å². The summed E-state index contributed by atoms with van der Waals surface area (Å²) in [6, 6.07) is 10.7. The van der Waals surface area contributed by atoms with E-state index in [4.69, 9.17) is 0 Å². The number of sulfonamides is 1. The van der Waals surface area contributed by atoms with E-state index in [1.54, 1.807) is 30.3 Å². The van der Waals surface area contributed by atoms with Crippen LogP contribution < -0.4 is 20.9 Å². The number of aromatic nitrogens is 1. The highest BCUT2D eigenvalue weighted by molar-refractivity contribution is 7.92. The van der Waals surface area contributed by atoms with E-state index in [1.807, 2.05) is 10.0 Å². The highest BCUT2D eigenvalue weighted by Gasteiger charge is 2.45. The first-order valence-corrected chi connectivity index (χ1v) is 14.0. The average molecular weight is 647 g/mol. The number of pyridine rings is 1. The first-order valence-electron chi connectivity index (χ1n) is 12.5. The maximum Gasteiger partial charge on any atom is 0.471 e. The van der Waals surface area contributed by atoms with E-state index in [0.29, 0.717) is 5.56 Å². The standard InChI is InChI=1S/C27H24F6N4O6S/c1-14(2)21(23(39)26(28,29)30)36-20(38)13-16-12-19(15-6-4-3-5-7-15)35-24(40)22(16)37-44(42,43)18-10-8-17(9-11-18)34-25(41)27(31,32)33/h3-12,14,21,37H,13H2,1-2H3,(H,34,41)(H,35,40)(H,36,38). The van der Waals surface area contributed by atoms with Crippen LogP contribution in [0.25, 0.3) is 11.3 Å². The second kappa shape index (κ2) is 12.9. The number of hydrogen-bond donors (Lipinski definition) is 4. The van der Waals surface area contributed by atoms with Gasteiger partial charge in [0.15, 0.2) is 0 Å². The number of carbonyl (C=O) groups excluding carboxylic acids is 3. The molecule has 0 aliphatic carbocycles. The summed E-state index contributed by atoms with van der Waals surface area (Å²) in [6.45, 7) is 2.55. The van der Waals surface area contributed by atoms with Gasteiger partial charge in [0.1, 0.15) is 5.69 Å². The van der Waals surface area contributed by atoms with Gasteiger partial charge in [0.25, 0.3) is 21.4 Å². The Morgan fingerprint density at radius 1 is 0.886 bits per heavy atom. The molecule has 1 unspecified atom stereocenters. The molecule has 1 atom stereocenters. The van der Waals surface area contributed by atoms with Crippen molar-refractivity contribution < 1.29 is 49.1 Å². The predicted octanol–water partition coefficient (Wildman–Crippen LogP) is 4.16. The van der Waals surface area contributed by atoms with Crippen molar-refractivity contribution >= 4 is 39.0 Å². The Bertz CT molecular complexity index is 1700. The van der Waals surface area contributed by atoms with Crippen LogP contribution in [0.4, 0.5) is 37.7 Å². The minimum absolute atomic E-state index is 0.123. The van der Waals surface area contributed by atoms with Crippen LogP contribution >= 0.6 is 0 Å². The minimum atomic E-state index is -5.25. The van der Waals surface area contributed by atoms with Gasteiger partial charge in [-0.05, 0) is 47.4 Å². The number of H-pyrrole nitrogens is 1. The third-order valence-corrected chi connectivity index (χ3v) is 7.38. The van der Waals surface area contributed by atoms with Gasteiger partial charge in [0.05, 0.1) is 17.4 Å². The summed E-state index contributed by atoms with van der Waals surface area (Å²) in [5.41, 5.74) is -1.83. The summed E-state index contributed by atoms with van der Waals surface area (Å²) >= 11 is 0. The molecule has 4 N–H and O–H groups in total. The number of amides is 2. The number of benzene rings is 2. The molecule has 2 amide bonds. The number of alkyl halides is 6. The van der Waals surface area contributed by atoms with E-state index in [1.165, 1.54) is 25.2 Å². The van der Waals surface area contributed by atoms with Crippen LogP contribution in [0.15, 0.2) is 70.4 Å². The molecule has 0 spiro atoms. The van der Waals surface area contributed by atoms with Crippen molar-refractivity contribution in [2.75, 3.05) is 10.0 Å². The van der Waals surface area contributed by atoms with Gasteiger partial charge in [0.2, 0.25) is 5.91 Å². The summed E-state index contributed by atoms with van der Waals surface area (Å²) < 4.78 is 105. The zero-order chi connectivity index (χ0) is 33.0. The van der Waals surface area contributed by atoms with Crippen molar-refractivity contribution in [2.45, 2.75) is 43.6 Å². The van der Waals surface area contributed by atoms with Gasteiger partial charge in [-0.25, -0.2) is 8.42 Å². The molecular formula is C27H24F6N4O6S. The Hall–Kier alpha value is -4.67. The average Bonchev–Trinajstić information content (AvgIpc) is 2.92. The molecule has 2 aromatic carbocycles. The topological polar surface area (TPSA) is 154 Å². The Morgan fingerprint density at radius 3 is 2.00 bits per heavy atom. The van der Waals surface area contributed by atoms with Crippen LogP contribution in [0.1, 0.15) is 19.4 Å². The normalized spacial score (nSPS) is 12.8. The largest absolute Gasteiger partial charge is 0.471 e. The molecule has 1 aromatic heterocycles. The third-order valence-electron chi connectivity index (χ3n) is 6.01. The van der Waals surface area contributed by atoms with Crippen LogP contribution in [-0.4, -0.2) is 49.4 Å². The second-order valence-electron chi connectivity index (χ2n) is 9.69. The van der Waals surface area contributed by atoms with Gasteiger partial charge in [-0.2, -0.15) is 26.3 Å². The minimum Gasteiger partial charge on any atom is -0.345 e. The van der Waals surface area contributed by atoms with Crippen molar-refractivity contribution in [3.8, 4) is 11.3 Å². The highest BCUT2D eigenvalue weighted by Crippen LogP contribution is 2.25. The molecule has 0 aliphatic heterocycles. The summed E-state index contributed by atoms with van der Waals surface area (Å²) in [6.07, 6.45) is -11.3. The van der Waals surface area contributed by atoms with Crippen molar-refractivity contribution in [1.82, 2.24) is 10.3 Å². The lowest BCUT2D eigenvalue weighted by Crippen LogP contribution is -2.50. The first-order chi connectivity index (χ1) is 20.3. The van der Waals surface area contributed by atoms with Gasteiger partial charge < -0.3 is 15.6 Å². The Kier molecular flexibility index (Phi) is 9.92. The lowest BCUT2D eigenvalue weighted by Gasteiger charge is -2.22. The number of Topliss-reactive ketones (excluding diaryl/α,β-unsaturated/α-hetero) is 1. The number of hydrogen-bond acceptors (Lipinski definition) is 6. The molecule has 3 rings (SSSR count). The molecule has 10 nitrogen and oxygen atoms in total. The summed E-state index contributed by atoms with van der Waals surface area (Å²) in [7, 11) is -4.65.